The fourth-order valence-corrected chi connectivity index (χ4v) is 5.80. The van der Waals surface area contributed by atoms with Crippen LogP contribution in [-0.4, -0.2) is 56.7 Å². The van der Waals surface area contributed by atoms with Gasteiger partial charge in [-0.15, -0.1) is 0 Å². The summed E-state index contributed by atoms with van der Waals surface area (Å²) < 4.78 is 27.3. The van der Waals surface area contributed by atoms with E-state index in [9.17, 15) is 9.18 Å². The average Bonchev–Trinajstić information content (AvgIpc) is 3.58. The minimum atomic E-state index is -0.393. The average molecular weight is 550 g/mol. The number of aromatic amines is 1. The lowest BCUT2D eigenvalue weighted by molar-refractivity contribution is -0.120. The molecule has 1 aliphatic carbocycles. The van der Waals surface area contributed by atoms with Crippen LogP contribution in [0.1, 0.15) is 77.2 Å². The number of carbonyl (C=O) groups is 1. The maximum absolute atomic E-state index is 13.9. The molecule has 0 aliphatic heterocycles. The fraction of sp³-hybridized carbons (Fsp3) is 0.548. The lowest BCUT2D eigenvalue weighted by Crippen LogP contribution is -2.21. The highest BCUT2D eigenvalue weighted by Gasteiger charge is 2.26. The predicted octanol–water partition coefficient (Wildman–Crippen LogP) is 6.81. The monoisotopic (exact) mass is 549 g/mol. The molecular weight excluding hydrogens is 509 g/mol. The molecule has 4 aromatic heterocycles. The number of H-pyrrole nitrogens is 1. The molecule has 2 atom stereocenters. The number of hydrogen-bond acceptors (Lipinski definition) is 6. The molecule has 1 N–H and O–H groups in total. The number of hydrogen-bond donors (Lipinski definition) is 1. The van der Waals surface area contributed by atoms with Gasteiger partial charge < -0.3 is 19.0 Å². The van der Waals surface area contributed by atoms with Gasteiger partial charge >= 0.3 is 0 Å². The highest BCUT2D eigenvalue weighted by Crippen LogP contribution is 2.37. The number of nitrogens with zero attached hydrogens (tertiary/aromatic N) is 4. The molecule has 8 nitrogen and oxygen atoms in total. The summed E-state index contributed by atoms with van der Waals surface area (Å²) in [5.74, 6) is 0.854. The van der Waals surface area contributed by atoms with Gasteiger partial charge in [0.2, 0.25) is 0 Å². The Bertz CT molecular complexity index is 1400. The molecular formula is C31H40FN5O3. The number of unbranched alkanes of at least 4 members (excludes halogenated alkanes) is 2. The Kier molecular flexibility index (Phi) is 9.89. The molecule has 0 radical (unpaired) electrons. The molecule has 0 bridgehead atoms. The van der Waals surface area contributed by atoms with Crippen molar-refractivity contribution in [3.63, 3.8) is 0 Å². The number of rotatable bonds is 15. The summed E-state index contributed by atoms with van der Waals surface area (Å²) in [5, 5.41) is 1.63. The van der Waals surface area contributed by atoms with Gasteiger partial charge in [0.1, 0.15) is 22.9 Å². The molecule has 40 heavy (non-hydrogen) atoms. The number of nitrogens with one attached hydrogen (secondary N) is 1. The van der Waals surface area contributed by atoms with Crippen molar-refractivity contribution in [3.8, 4) is 11.4 Å². The number of ether oxygens (including phenoxy) is 2. The first-order chi connectivity index (χ1) is 19.6. The minimum absolute atomic E-state index is 0.287. The molecule has 0 spiro atoms. The summed E-state index contributed by atoms with van der Waals surface area (Å²) in [6.07, 6.45) is 16.6. The highest BCUT2D eigenvalue weighted by atomic mass is 19.1. The van der Waals surface area contributed by atoms with E-state index in [-0.39, 0.29) is 6.04 Å². The van der Waals surface area contributed by atoms with Crippen LogP contribution in [0.25, 0.3) is 33.5 Å². The zero-order chi connectivity index (χ0) is 27.7. The maximum Gasteiger partial charge on any atom is 0.163 e. The van der Waals surface area contributed by atoms with Crippen molar-refractivity contribution in [2.24, 2.45) is 5.92 Å². The molecule has 0 aromatic carbocycles. The molecule has 1 aliphatic rings. The highest BCUT2D eigenvalue weighted by molar-refractivity contribution is 5.92. The van der Waals surface area contributed by atoms with Gasteiger partial charge in [-0.05, 0) is 50.2 Å². The third-order valence-electron chi connectivity index (χ3n) is 7.87. The van der Waals surface area contributed by atoms with E-state index in [1.807, 2.05) is 12.3 Å². The zero-order valence-corrected chi connectivity index (χ0v) is 23.4. The Morgan fingerprint density at radius 2 is 1.95 bits per heavy atom. The number of ketones is 1. The van der Waals surface area contributed by atoms with E-state index in [4.69, 9.17) is 14.5 Å². The second-order valence-electron chi connectivity index (χ2n) is 10.9. The van der Waals surface area contributed by atoms with E-state index in [0.29, 0.717) is 61.2 Å². The van der Waals surface area contributed by atoms with Crippen molar-refractivity contribution < 1.29 is 18.7 Å². The van der Waals surface area contributed by atoms with Crippen molar-refractivity contribution in [2.75, 3.05) is 26.4 Å². The fourth-order valence-electron chi connectivity index (χ4n) is 5.80. The maximum atomic E-state index is 13.9. The first kappa shape index (κ1) is 28.4. The SMILES string of the molecule is CCCCCOCCOCCCC(=O)C[C@H]1CCC[C@@H](n2ccc3cnc(-c4c[nH]c5ncc(F)cc45)nc32)C1. The van der Waals surface area contributed by atoms with Gasteiger partial charge in [-0.1, -0.05) is 26.2 Å². The van der Waals surface area contributed by atoms with Crippen LogP contribution in [0.15, 0.2) is 36.9 Å². The second-order valence-corrected chi connectivity index (χ2v) is 10.9. The van der Waals surface area contributed by atoms with Crippen LogP contribution < -0.4 is 0 Å². The van der Waals surface area contributed by atoms with Crippen LogP contribution in [0.3, 0.4) is 0 Å². The molecule has 9 heteroatoms. The molecule has 1 fully saturated rings. The quantitative estimate of drug-likeness (QED) is 0.164. The van der Waals surface area contributed by atoms with Gasteiger partial charge in [0, 0.05) is 67.0 Å². The van der Waals surface area contributed by atoms with Crippen LogP contribution in [0.5, 0.6) is 0 Å². The van der Waals surface area contributed by atoms with E-state index in [1.54, 1.807) is 6.20 Å². The number of Topliss-reactive ketones (excluding diaryl/α,β-unsaturated/α-hetero) is 1. The summed E-state index contributed by atoms with van der Waals surface area (Å²) in [6.45, 7) is 4.80. The van der Waals surface area contributed by atoms with Crippen LogP contribution >= 0.6 is 0 Å². The van der Waals surface area contributed by atoms with E-state index >= 15 is 0 Å². The number of pyridine rings is 1. The van der Waals surface area contributed by atoms with Gasteiger partial charge in [-0.2, -0.15) is 0 Å². The van der Waals surface area contributed by atoms with Crippen LogP contribution in [0.2, 0.25) is 0 Å². The van der Waals surface area contributed by atoms with Crippen molar-refractivity contribution >= 4 is 27.9 Å². The first-order valence-electron chi connectivity index (χ1n) is 14.8. The van der Waals surface area contributed by atoms with Gasteiger partial charge in [-0.25, -0.2) is 19.3 Å². The number of fused-ring (bicyclic) bond motifs is 2. The molecule has 4 aromatic rings. The first-order valence-corrected chi connectivity index (χ1v) is 14.8. The Labute approximate surface area is 234 Å². The van der Waals surface area contributed by atoms with Gasteiger partial charge in [0.15, 0.2) is 5.82 Å². The third-order valence-corrected chi connectivity index (χ3v) is 7.87. The molecule has 4 heterocycles. The molecule has 0 amide bonds. The van der Waals surface area contributed by atoms with Crippen LogP contribution in [0, 0.1) is 11.7 Å². The van der Waals surface area contributed by atoms with E-state index < -0.39 is 5.82 Å². The second kappa shape index (κ2) is 13.9. The van der Waals surface area contributed by atoms with E-state index in [2.05, 4.69) is 32.6 Å². The van der Waals surface area contributed by atoms with E-state index in [0.717, 1.165) is 61.7 Å². The molecule has 214 valence electrons. The number of aromatic nitrogens is 5. The predicted molar refractivity (Wildman–Crippen MR) is 154 cm³/mol. The van der Waals surface area contributed by atoms with Crippen LogP contribution in [0.4, 0.5) is 4.39 Å². The summed E-state index contributed by atoms with van der Waals surface area (Å²) in [5.41, 5.74) is 2.20. The lowest BCUT2D eigenvalue weighted by atomic mass is 9.82. The minimum Gasteiger partial charge on any atom is -0.379 e. The molecule has 5 rings (SSSR count). The van der Waals surface area contributed by atoms with Crippen molar-refractivity contribution in [2.45, 2.75) is 77.2 Å². The smallest absolute Gasteiger partial charge is 0.163 e. The van der Waals surface area contributed by atoms with Gasteiger partial charge in [0.25, 0.3) is 0 Å². The molecule has 1 saturated carbocycles. The Morgan fingerprint density at radius 3 is 2.80 bits per heavy atom. The Hall–Kier alpha value is -3.17. The molecule has 0 unspecified atom stereocenters. The summed E-state index contributed by atoms with van der Waals surface area (Å²) >= 11 is 0. The summed E-state index contributed by atoms with van der Waals surface area (Å²) in [4.78, 5) is 29.4. The topological polar surface area (TPSA) is 94.9 Å². The number of carbonyl (C=O) groups excluding carboxylic acids is 1. The van der Waals surface area contributed by atoms with Crippen LogP contribution in [-0.2, 0) is 14.3 Å². The molecule has 0 saturated heterocycles. The van der Waals surface area contributed by atoms with Gasteiger partial charge in [-0.3, -0.25) is 4.79 Å². The summed E-state index contributed by atoms with van der Waals surface area (Å²) in [7, 11) is 0. The lowest BCUT2D eigenvalue weighted by Gasteiger charge is -2.30. The Morgan fingerprint density at radius 1 is 1.10 bits per heavy atom. The largest absolute Gasteiger partial charge is 0.379 e. The van der Waals surface area contributed by atoms with Crippen molar-refractivity contribution in [3.05, 3.63) is 42.7 Å². The summed E-state index contributed by atoms with van der Waals surface area (Å²) in [6, 6.07) is 3.79. The Balaban J connectivity index is 1.13. The number of halogens is 1. The normalized spacial score (nSPS) is 17.6. The van der Waals surface area contributed by atoms with E-state index in [1.165, 1.54) is 25.1 Å². The van der Waals surface area contributed by atoms with Crippen molar-refractivity contribution in [1.82, 2.24) is 24.5 Å². The standard InChI is InChI=1S/C31H40FN5O3/c1-2-3-4-12-39-14-15-40-13-6-9-26(38)17-22-7-5-8-25(16-22)37-11-10-23-19-33-30(36-31(23)37)28-21-35-29-27(28)18-24(32)20-34-29/h10-11,18-22,25H,2-9,12-17H2,1H3,(H,34,35)/t22-,25+/m0/s1. The van der Waals surface area contributed by atoms with Crippen molar-refractivity contribution in [1.29, 1.82) is 0 Å². The van der Waals surface area contributed by atoms with Gasteiger partial charge in [0.05, 0.1) is 19.4 Å². The third kappa shape index (κ3) is 7.12. The zero-order valence-electron chi connectivity index (χ0n) is 23.4.